The first-order valence-corrected chi connectivity index (χ1v) is 3.10. The van der Waals surface area contributed by atoms with Crippen molar-refractivity contribution in [3.63, 3.8) is 0 Å². The first-order chi connectivity index (χ1) is 2.00. The molecule has 0 radical (unpaired) electrons. The molecular formula is H8Na2O5S2. The second-order valence-electron chi connectivity index (χ2n) is 0.448. The van der Waals surface area contributed by atoms with Gasteiger partial charge in [0.2, 0.25) is 0 Å². The Morgan fingerprint density at radius 1 is 1.22 bits per heavy atom. The standard InChI is InChI=1S/2Na.H2O3S2.2H2O.2H/c;;1-5(2,3)4;;;;/h;;(H2,1,2,3,4);2*1H2;;/q2*+1;;;;2*-1. The Morgan fingerprint density at radius 2 is 1.22 bits per heavy atom. The van der Waals surface area contributed by atoms with Gasteiger partial charge in [-0.1, -0.05) is 0 Å². The summed E-state index contributed by atoms with van der Waals surface area (Å²) in [5, 5.41) is 0. The van der Waals surface area contributed by atoms with Gasteiger partial charge in [0.25, 0.3) is 9.05 Å². The Morgan fingerprint density at radius 3 is 1.22 bits per heavy atom. The summed E-state index contributed by atoms with van der Waals surface area (Å²) in [7, 11) is -3.83. The third-order valence-electron chi connectivity index (χ3n) is 0. The summed E-state index contributed by atoms with van der Waals surface area (Å²) >= 11 is 3.47. The first kappa shape index (κ1) is 30.3. The van der Waals surface area contributed by atoms with Crippen LogP contribution >= 0.6 is 0 Å². The van der Waals surface area contributed by atoms with Crippen molar-refractivity contribution >= 4 is 20.2 Å². The molecule has 9 heteroatoms. The molecule has 5 nitrogen and oxygen atoms in total. The molecule has 0 rings (SSSR count). The van der Waals surface area contributed by atoms with Crippen LogP contribution in [-0.2, 0) is 20.2 Å². The van der Waals surface area contributed by atoms with Gasteiger partial charge in [-0.05, 0) is 0 Å². The molecule has 0 spiro atoms. The Kier molecular flexibility index (Phi) is 43.3. The average Bonchev–Trinajstić information content (AvgIpc) is 0.722. The van der Waals surface area contributed by atoms with Gasteiger partial charge in [-0.3, -0.25) is 9.11 Å². The van der Waals surface area contributed by atoms with E-state index in [4.69, 9.17) is 13.3 Å². The fraction of sp³-hybridized carbons (Fsp3) is 0. The predicted octanol–water partition coefficient (Wildman–Crippen LogP) is -7.74. The quantitative estimate of drug-likeness (QED) is 0.375. The van der Waals surface area contributed by atoms with Crippen LogP contribution in [0.4, 0.5) is 0 Å². The Labute approximate surface area is 105 Å². The molecule has 0 aliphatic heterocycles. The zero-order valence-electron chi connectivity index (χ0n) is 7.12. The zero-order chi connectivity index (χ0) is 4.50. The average molecular weight is 198 g/mol. The molecule has 0 saturated carbocycles. The third kappa shape index (κ3) is 141. The van der Waals surface area contributed by atoms with Gasteiger partial charge in [-0.2, -0.15) is 4.21 Å². The molecule has 0 bridgehead atoms. The molecule has 0 saturated heterocycles. The van der Waals surface area contributed by atoms with E-state index in [0.29, 0.717) is 0 Å². The topological polar surface area (TPSA) is 121 Å². The maximum atomic E-state index is 9.11. The van der Waals surface area contributed by atoms with Crippen molar-refractivity contribution in [2.75, 3.05) is 0 Å². The van der Waals surface area contributed by atoms with Crippen LogP contribution in [0.5, 0.6) is 0 Å². The molecule has 0 aromatic carbocycles. The van der Waals surface area contributed by atoms with Gasteiger partial charge < -0.3 is 13.8 Å². The fourth-order valence-electron chi connectivity index (χ4n) is 0. The molecule has 0 amide bonds. The van der Waals surface area contributed by atoms with Crippen molar-refractivity contribution in [3.8, 4) is 0 Å². The molecular weight excluding hydrogens is 190 g/mol. The first-order valence-electron chi connectivity index (χ1n) is 0.698. The second kappa shape index (κ2) is 12.8. The van der Waals surface area contributed by atoms with Crippen molar-refractivity contribution in [1.82, 2.24) is 0 Å². The van der Waals surface area contributed by atoms with Gasteiger partial charge in [0.1, 0.15) is 0 Å². The summed E-state index contributed by atoms with van der Waals surface area (Å²) in [4.78, 5) is 0. The number of hydrogen-bond acceptors (Lipinski definition) is 2. The fourth-order valence-corrected chi connectivity index (χ4v) is 0. The molecule has 0 aliphatic rings. The zero-order valence-corrected chi connectivity index (χ0v) is 10.8. The van der Waals surface area contributed by atoms with Crippen LogP contribution in [0.3, 0.4) is 0 Å². The second-order valence-corrected chi connectivity index (χ2v) is 2.65. The molecule has 0 heterocycles. The smallest absolute Gasteiger partial charge is 1.00 e. The largest absolute Gasteiger partial charge is 1.00 e. The summed E-state index contributed by atoms with van der Waals surface area (Å²) in [5.41, 5.74) is 0. The van der Waals surface area contributed by atoms with Crippen molar-refractivity contribution in [2.24, 2.45) is 0 Å². The van der Waals surface area contributed by atoms with Crippen LogP contribution in [0.15, 0.2) is 0 Å². The van der Waals surface area contributed by atoms with Crippen molar-refractivity contribution in [2.45, 2.75) is 0 Å². The third-order valence-corrected chi connectivity index (χ3v) is 0. The van der Waals surface area contributed by atoms with Gasteiger partial charge in [0, 0.05) is 11.2 Å². The molecule has 52 valence electrons. The Bertz CT molecular complexity index is 104. The van der Waals surface area contributed by atoms with E-state index in [1.807, 2.05) is 0 Å². The van der Waals surface area contributed by atoms with Crippen LogP contribution in [0.25, 0.3) is 0 Å². The molecule has 0 aliphatic carbocycles. The van der Waals surface area contributed by atoms with E-state index >= 15 is 0 Å². The van der Waals surface area contributed by atoms with Crippen LogP contribution < -0.4 is 59.1 Å². The van der Waals surface area contributed by atoms with Gasteiger partial charge in [-0.15, -0.1) is 0 Å². The van der Waals surface area contributed by atoms with Crippen LogP contribution in [-0.4, -0.2) is 24.3 Å². The molecule has 0 aromatic heterocycles. The Hall–Kier alpha value is 2.21. The van der Waals surface area contributed by atoms with E-state index in [1.165, 1.54) is 0 Å². The van der Waals surface area contributed by atoms with Gasteiger partial charge >= 0.3 is 59.1 Å². The van der Waals surface area contributed by atoms with Crippen molar-refractivity contribution in [1.29, 1.82) is 0 Å². The molecule has 0 aromatic rings. The molecule has 0 unspecified atom stereocenters. The van der Waals surface area contributed by atoms with Crippen molar-refractivity contribution in [3.05, 3.63) is 0 Å². The molecule has 9 heavy (non-hydrogen) atoms. The summed E-state index contributed by atoms with van der Waals surface area (Å²) < 4.78 is 24.0. The van der Waals surface area contributed by atoms with Crippen LogP contribution in [0.2, 0.25) is 0 Å². The monoisotopic (exact) mass is 198 g/mol. The Balaban J connectivity index is -0.00000000533. The SMILES string of the molecule is O.O.O=S(O)(O)=S.[H-].[H-].[Na+].[Na+]. The molecule has 6 N–H and O–H groups in total. The van der Waals surface area contributed by atoms with E-state index < -0.39 is 9.05 Å². The van der Waals surface area contributed by atoms with Crippen LogP contribution in [0.1, 0.15) is 2.85 Å². The minimum Gasteiger partial charge on any atom is -1.00 e. The van der Waals surface area contributed by atoms with E-state index in [1.54, 1.807) is 0 Å². The van der Waals surface area contributed by atoms with E-state index in [0.717, 1.165) is 0 Å². The number of rotatable bonds is 0. The molecule has 0 atom stereocenters. The summed E-state index contributed by atoms with van der Waals surface area (Å²) in [6.07, 6.45) is 0. The van der Waals surface area contributed by atoms with Gasteiger partial charge in [0.15, 0.2) is 0 Å². The van der Waals surface area contributed by atoms with E-state index in [2.05, 4.69) is 11.2 Å². The minimum atomic E-state index is -3.83. The van der Waals surface area contributed by atoms with Crippen LogP contribution in [0, 0.1) is 0 Å². The molecule has 0 fully saturated rings. The predicted molar refractivity (Wildman–Crippen MR) is 30.2 cm³/mol. The van der Waals surface area contributed by atoms with Gasteiger partial charge in [0.05, 0.1) is 0 Å². The van der Waals surface area contributed by atoms with Crippen molar-refractivity contribution < 1.29 is 86.2 Å². The van der Waals surface area contributed by atoms with E-state index in [-0.39, 0.29) is 72.9 Å². The summed E-state index contributed by atoms with van der Waals surface area (Å²) in [6.45, 7) is 0. The number of hydrogen-bond donors (Lipinski definition) is 2. The summed E-state index contributed by atoms with van der Waals surface area (Å²) in [5.74, 6) is 0. The maximum Gasteiger partial charge on any atom is 1.00 e. The van der Waals surface area contributed by atoms with E-state index in [9.17, 15) is 0 Å². The maximum absolute atomic E-state index is 9.11. The normalized spacial score (nSPS) is 6.44. The summed E-state index contributed by atoms with van der Waals surface area (Å²) in [6, 6.07) is 0. The minimum absolute atomic E-state index is 0. The van der Waals surface area contributed by atoms with Gasteiger partial charge in [-0.25, -0.2) is 0 Å².